The molecule has 6 heteroatoms. The number of amides is 1. The van der Waals surface area contributed by atoms with Crippen molar-refractivity contribution in [3.05, 3.63) is 65.2 Å². The average Bonchev–Trinajstić information content (AvgIpc) is 2.60. The molecule has 0 aliphatic heterocycles. The summed E-state index contributed by atoms with van der Waals surface area (Å²) >= 11 is 0. The minimum atomic E-state index is -3.40. The van der Waals surface area contributed by atoms with Gasteiger partial charge in [-0.2, -0.15) is 0 Å². The number of rotatable bonds is 7. The highest BCUT2D eigenvalue weighted by molar-refractivity contribution is 7.92. The summed E-state index contributed by atoms with van der Waals surface area (Å²) in [6.07, 6.45) is 1.96. The van der Waals surface area contributed by atoms with Gasteiger partial charge in [0.05, 0.1) is 18.0 Å². The lowest BCUT2D eigenvalue weighted by Gasteiger charge is -2.23. The van der Waals surface area contributed by atoms with Crippen LogP contribution in [0.4, 0.5) is 5.69 Å². The summed E-state index contributed by atoms with van der Waals surface area (Å²) < 4.78 is 24.9. The molecular formula is C21H28N2O3S. The van der Waals surface area contributed by atoms with Crippen molar-refractivity contribution in [1.82, 2.24) is 5.32 Å². The molecule has 146 valence electrons. The van der Waals surface area contributed by atoms with E-state index in [1.54, 1.807) is 25.1 Å². The van der Waals surface area contributed by atoms with E-state index in [1.165, 1.54) is 11.4 Å². The zero-order valence-electron chi connectivity index (χ0n) is 16.6. The van der Waals surface area contributed by atoms with Gasteiger partial charge in [0.2, 0.25) is 10.0 Å². The molecule has 0 radical (unpaired) electrons. The zero-order valence-corrected chi connectivity index (χ0v) is 17.4. The van der Waals surface area contributed by atoms with Gasteiger partial charge in [0.15, 0.2) is 0 Å². The number of anilines is 1. The second-order valence-corrected chi connectivity index (χ2v) is 9.26. The van der Waals surface area contributed by atoms with E-state index in [0.717, 1.165) is 18.2 Å². The van der Waals surface area contributed by atoms with E-state index in [0.29, 0.717) is 22.7 Å². The van der Waals surface area contributed by atoms with Gasteiger partial charge in [0.1, 0.15) is 0 Å². The van der Waals surface area contributed by atoms with Crippen molar-refractivity contribution in [1.29, 1.82) is 0 Å². The predicted octanol–water partition coefficient (Wildman–Crippen LogP) is 3.91. The van der Waals surface area contributed by atoms with Crippen molar-refractivity contribution >= 4 is 21.6 Å². The Morgan fingerprint density at radius 1 is 1.07 bits per heavy atom. The molecule has 2 aromatic carbocycles. The van der Waals surface area contributed by atoms with E-state index in [2.05, 4.69) is 19.2 Å². The Morgan fingerprint density at radius 3 is 2.26 bits per heavy atom. The molecule has 1 N–H and O–H groups in total. The number of carbonyl (C=O) groups excluding carboxylic acids is 1. The molecule has 2 rings (SSSR count). The monoisotopic (exact) mass is 388 g/mol. The quantitative estimate of drug-likeness (QED) is 0.782. The van der Waals surface area contributed by atoms with Crippen LogP contribution in [-0.2, 0) is 10.0 Å². The van der Waals surface area contributed by atoms with Crippen LogP contribution in [0.15, 0.2) is 48.5 Å². The third-order valence-corrected chi connectivity index (χ3v) is 5.79. The predicted molar refractivity (Wildman–Crippen MR) is 111 cm³/mol. The van der Waals surface area contributed by atoms with Crippen LogP contribution in [0.3, 0.4) is 0 Å². The molecular weight excluding hydrogens is 360 g/mol. The highest BCUT2D eigenvalue weighted by atomic mass is 32.2. The lowest BCUT2D eigenvalue weighted by atomic mass is 9.96. The third kappa shape index (κ3) is 5.32. The normalized spacial score (nSPS) is 12.7. The van der Waals surface area contributed by atoms with Gasteiger partial charge in [-0.3, -0.25) is 9.10 Å². The van der Waals surface area contributed by atoms with Gasteiger partial charge in [-0.25, -0.2) is 8.42 Å². The van der Waals surface area contributed by atoms with Crippen molar-refractivity contribution in [3.63, 3.8) is 0 Å². The maximum absolute atomic E-state index is 13.0. The van der Waals surface area contributed by atoms with Crippen LogP contribution in [0.1, 0.15) is 47.8 Å². The van der Waals surface area contributed by atoms with E-state index in [9.17, 15) is 13.2 Å². The molecule has 0 aliphatic rings. The van der Waals surface area contributed by atoms with E-state index < -0.39 is 10.0 Å². The fourth-order valence-corrected chi connectivity index (χ4v) is 3.62. The summed E-state index contributed by atoms with van der Waals surface area (Å²) in [7, 11) is -1.91. The van der Waals surface area contributed by atoms with Crippen molar-refractivity contribution in [2.75, 3.05) is 17.6 Å². The molecule has 0 heterocycles. The number of hydrogen-bond acceptors (Lipinski definition) is 3. The van der Waals surface area contributed by atoms with Crippen LogP contribution in [0.25, 0.3) is 0 Å². The SMILES string of the molecule is Cc1c(C(=O)N[C@H](CC(C)C)c2ccccc2)cccc1N(C)S(C)(=O)=O. The summed E-state index contributed by atoms with van der Waals surface area (Å²) in [4.78, 5) is 13.0. The number of nitrogens with zero attached hydrogens (tertiary/aromatic N) is 1. The Bertz CT molecular complexity index is 893. The summed E-state index contributed by atoms with van der Waals surface area (Å²) in [6, 6.07) is 14.9. The van der Waals surface area contributed by atoms with E-state index in [-0.39, 0.29) is 11.9 Å². The van der Waals surface area contributed by atoms with E-state index >= 15 is 0 Å². The highest BCUT2D eigenvalue weighted by Crippen LogP contribution is 2.26. The smallest absolute Gasteiger partial charge is 0.252 e. The summed E-state index contributed by atoms with van der Waals surface area (Å²) in [5, 5.41) is 3.12. The lowest BCUT2D eigenvalue weighted by Crippen LogP contribution is -2.31. The molecule has 1 amide bonds. The number of nitrogens with one attached hydrogen (secondary N) is 1. The van der Waals surface area contributed by atoms with Crippen molar-refractivity contribution < 1.29 is 13.2 Å². The van der Waals surface area contributed by atoms with Crippen molar-refractivity contribution in [2.24, 2.45) is 5.92 Å². The second kappa shape index (κ2) is 8.57. The largest absolute Gasteiger partial charge is 0.345 e. The molecule has 27 heavy (non-hydrogen) atoms. The van der Waals surface area contributed by atoms with Crippen LogP contribution in [0.2, 0.25) is 0 Å². The van der Waals surface area contributed by atoms with Crippen molar-refractivity contribution in [2.45, 2.75) is 33.2 Å². The highest BCUT2D eigenvalue weighted by Gasteiger charge is 2.21. The molecule has 0 aliphatic carbocycles. The molecule has 0 saturated carbocycles. The summed E-state index contributed by atoms with van der Waals surface area (Å²) in [6.45, 7) is 6.01. The third-order valence-electron chi connectivity index (χ3n) is 4.60. The maximum atomic E-state index is 13.0. The van der Waals surface area contributed by atoms with Crippen LogP contribution in [0.5, 0.6) is 0 Å². The van der Waals surface area contributed by atoms with Gasteiger partial charge in [-0.15, -0.1) is 0 Å². The first-order chi connectivity index (χ1) is 12.6. The molecule has 0 fully saturated rings. The van der Waals surface area contributed by atoms with Crippen LogP contribution in [0, 0.1) is 12.8 Å². The second-order valence-electron chi connectivity index (χ2n) is 7.25. The summed E-state index contributed by atoms with van der Waals surface area (Å²) in [5.41, 5.74) is 2.68. The van der Waals surface area contributed by atoms with Gasteiger partial charge in [-0.1, -0.05) is 50.2 Å². The van der Waals surface area contributed by atoms with Gasteiger partial charge in [0, 0.05) is 12.6 Å². The van der Waals surface area contributed by atoms with E-state index in [4.69, 9.17) is 0 Å². The first kappa shape index (κ1) is 21.0. The molecule has 0 spiro atoms. The molecule has 0 unspecified atom stereocenters. The van der Waals surface area contributed by atoms with Gasteiger partial charge < -0.3 is 5.32 Å². The van der Waals surface area contributed by atoms with Gasteiger partial charge in [0.25, 0.3) is 5.91 Å². The average molecular weight is 389 g/mol. The van der Waals surface area contributed by atoms with E-state index in [1.807, 2.05) is 30.3 Å². The first-order valence-corrected chi connectivity index (χ1v) is 10.9. The molecule has 0 saturated heterocycles. The number of carbonyl (C=O) groups is 1. The Hall–Kier alpha value is -2.34. The number of benzene rings is 2. The fraction of sp³-hybridized carbons (Fsp3) is 0.381. The lowest BCUT2D eigenvalue weighted by molar-refractivity contribution is 0.0931. The molecule has 5 nitrogen and oxygen atoms in total. The van der Waals surface area contributed by atoms with Gasteiger partial charge >= 0.3 is 0 Å². The Morgan fingerprint density at radius 2 is 1.70 bits per heavy atom. The number of hydrogen-bond donors (Lipinski definition) is 1. The van der Waals surface area contributed by atoms with Crippen LogP contribution in [-0.4, -0.2) is 27.6 Å². The molecule has 1 atom stereocenters. The Labute approximate surface area is 162 Å². The first-order valence-electron chi connectivity index (χ1n) is 9.00. The fourth-order valence-electron chi connectivity index (χ4n) is 3.06. The maximum Gasteiger partial charge on any atom is 0.252 e. The van der Waals surface area contributed by atoms with Crippen molar-refractivity contribution in [3.8, 4) is 0 Å². The Balaban J connectivity index is 2.33. The van der Waals surface area contributed by atoms with Gasteiger partial charge in [-0.05, 0) is 42.5 Å². The molecule has 0 aromatic heterocycles. The number of sulfonamides is 1. The molecule has 0 bridgehead atoms. The Kier molecular flexibility index (Phi) is 6.65. The summed E-state index contributed by atoms with van der Waals surface area (Å²) in [5.74, 6) is 0.213. The zero-order chi connectivity index (χ0) is 20.2. The minimum absolute atomic E-state index is 0.102. The standard InChI is InChI=1S/C21H28N2O3S/c1-15(2)14-19(17-10-7-6-8-11-17)22-21(24)18-12-9-13-20(16(18)3)23(4)27(5,25)26/h6-13,15,19H,14H2,1-5H3,(H,22,24)/t19-/m1/s1. The van der Waals surface area contributed by atoms with Crippen LogP contribution < -0.4 is 9.62 Å². The minimum Gasteiger partial charge on any atom is -0.345 e. The van der Waals surface area contributed by atoms with Crippen LogP contribution >= 0.6 is 0 Å². The molecule has 2 aromatic rings. The topological polar surface area (TPSA) is 66.5 Å².